The summed E-state index contributed by atoms with van der Waals surface area (Å²) in [5.74, 6) is -0.573. The Balaban J connectivity index is 1.76. The van der Waals surface area contributed by atoms with Crippen LogP contribution in [-0.4, -0.2) is 20.6 Å². The molecule has 0 aliphatic rings. The highest BCUT2D eigenvalue weighted by atomic mass is 19.1. The molecule has 21 heavy (non-hydrogen) atoms. The van der Waals surface area contributed by atoms with Crippen molar-refractivity contribution in [2.24, 2.45) is 0 Å². The Hall–Kier alpha value is -2.77. The van der Waals surface area contributed by atoms with Crippen molar-refractivity contribution in [2.45, 2.75) is 19.4 Å². The second kappa shape index (κ2) is 6.60. The number of nitro groups is 1. The number of rotatable bonds is 6. The SMILES string of the molecule is O=C(CCCn1cc([N+](=O)[O-])cn1)Nc1ccc(F)cc1. The molecule has 0 fully saturated rings. The van der Waals surface area contributed by atoms with Gasteiger partial charge < -0.3 is 5.32 Å². The van der Waals surface area contributed by atoms with Gasteiger partial charge in [-0.1, -0.05) is 0 Å². The second-order valence-electron chi connectivity index (χ2n) is 4.38. The Morgan fingerprint density at radius 1 is 1.38 bits per heavy atom. The predicted molar refractivity (Wildman–Crippen MR) is 73.1 cm³/mol. The molecule has 0 radical (unpaired) electrons. The molecule has 0 saturated heterocycles. The van der Waals surface area contributed by atoms with Crippen molar-refractivity contribution in [2.75, 3.05) is 5.32 Å². The van der Waals surface area contributed by atoms with Crippen molar-refractivity contribution >= 4 is 17.3 Å². The molecule has 0 atom stereocenters. The maximum Gasteiger partial charge on any atom is 0.306 e. The molecule has 0 unspecified atom stereocenters. The van der Waals surface area contributed by atoms with Crippen molar-refractivity contribution in [1.82, 2.24) is 9.78 Å². The zero-order chi connectivity index (χ0) is 15.2. The number of halogens is 1. The van der Waals surface area contributed by atoms with E-state index in [9.17, 15) is 19.3 Å². The largest absolute Gasteiger partial charge is 0.326 e. The van der Waals surface area contributed by atoms with Crippen molar-refractivity contribution in [1.29, 1.82) is 0 Å². The Morgan fingerprint density at radius 3 is 2.71 bits per heavy atom. The summed E-state index contributed by atoms with van der Waals surface area (Å²) in [6.45, 7) is 0.407. The highest BCUT2D eigenvalue weighted by molar-refractivity contribution is 5.90. The minimum absolute atomic E-state index is 0.0780. The van der Waals surface area contributed by atoms with E-state index in [1.54, 1.807) is 0 Å². The zero-order valence-electron chi connectivity index (χ0n) is 11.0. The summed E-state index contributed by atoms with van der Waals surface area (Å²) >= 11 is 0. The molecule has 110 valence electrons. The van der Waals surface area contributed by atoms with Crippen LogP contribution in [0.25, 0.3) is 0 Å². The number of aromatic nitrogens is 2. The van der Waals surface area contributed by atoms with Crippen LogP contribution in [0.3, 0.4) is 0 Å². The van der Waals surface area contributed by atoms with Gasteiger partial charge in [-0.25, -0.2) is 4.39 Å². The first-order valence-corrected chi connectivity index (χ1v) is 6.27. The summed E-state index contributed by atoms with van der Waals surface area (Å²) in [5.41, 5.74) is 0.446. The lowest BCUT2D eigenvalue weighted by Gasteiger charge is -2.05. The van der Waals surface area contributed by atoms with Crippen molar-refractivity contribution in [3.05, 3.63) is 52.6 Å². The van der Waals surface area contributed by atoms with E-state index in [-0.39, 0.29) is 23.8 Å². The van der Waals surface area contributed by atoms with Gasteiger partial charge in [0, 0.05) is 18.7 Å². The van der Waals surface area contributed by atoms with E-state index in [1.807, 2.05) is 0 Å². The minimum atomic E-state index is -0.523. The van der Waals surface area contributed by atoms with Crippen LogP contribution in [0.4, 0.5) is 15.8 Å². The molecule has 8 heteroatoms. The lowest BCUT2D eigenvalue weighted by molar-refractivity contribution is -0.385. The van der Waals surface area contributed by atoms with Crippen molar-refractivity contribution in [3.8, 4) is 0 Å². The van der Waals surface area contributed by atoms with E-state index in [4.69, 9.17) is 0 Å². The molecular formula is C13H13FN4O3. The normalized spacial score (nSPS) is 10.3. The van der Waals surface area contributed by atoms with Crippen LogP contribution in [0.15, 0.2) is 36.7 Å². The van der Waals surface area contributed by atoms with E-state index in [0.717, 1.165) is 0 Å². The molecule has 0 aliphatic carbocycles. The summed E-state index contributed by atoms with van der Waals surface area (Å²) in [4.78, 5) is 21.6. The summed E-state index contributed by atoms with van der Waals surface area (Å²) in [7, 11) is 0. The Morgan fingerprint density at radius 2 is 2.10 bits per heavy atom. The number of hydrogen-bond acceptors (Lipinski definition) is 4. The summed E-state index contributed by atoms with van der Waals surface area (Å²) in [6, 6.07) is 5.48. The highest BCUT2D eigenvalue weighted by Crippen LogP contribution is 2.10. The topological polar surface area (TPSA) is 90.1 Å². The molecule has 2 aromatic rings. The molecule has 7 nitrogen and oxygen atoms in total. The number of hydrogen-bond donors (Lipinski definition) is 1. The van der Waals surface area contributed by atoms with Crippen molar-refractivity contribution < 1.29 is 14.1 Å². The monoisotopic (exact) mass is 292 g/mol. The fraction of sp³-hybridized carbons (Fsp3) is 0.231. The molecule has 0 saturated carbocycles. The summed E-state index contributed by atoms with van der Waals surface area (Å²) in [5, 5.41) is 16.9. The van der Waals surface area contributed by atoms with Gasteiger partial charge in [0.25, 0.3) is 0 Å². The van der Waals surface area contributed by atoms with Crippen LogP contribution in [-0.2, 0) is 11.3 Å². The second-order valence-corrected chi connectivity index (χ2v) is 4.38. The number of anilines is 1. The molecule has 2 rings (SSSR count). The number of nitrogens with zero attached hydrogens (tertiary/aromatic N) is 3. The molecule has 1 amide bonds. The number of carbonyl (C=O) groups is 1. The third-order valence-corrected chi connectivity index (χ3v) is 2.75. The Kier molecular flexibility index (Phi) is 4.60. The van der Waals surface area contributed by atoms with Gasteiger partial charge in [-0.3, -0.25) is 19.6 Å². The lowest BCUT2D eigenvalue weighted by Crippen LogP contribution is -2.12. The molecular weight excluding hydrogens is 279 g/mol. The first-order valence-electron chi connectivity index (χ1n) is 6.27. The van der Waals surface area contributed by atoms with Gasteiger partial charge in [0.05, 0.1) is 4.92 Å². The van der Waals surface area contributed by atoms with Gasteiger partial charge in [-0.15, -0.1) is 0 Å². The van der Waals surface area contributed by atoms with E-state index < -0.39 is 4.92 Å². The van der Waals surface area contributed by atoms with Crippen LogP contribution in [0.5, 0.6) is 0 Å². The molecule has 1 aromatic heterocycles. The standard InChI is InChI=1S/C13H13FN4O3/c14-10-3-5-11(6-4-10)16-13(19)2-1-7-17-9-12(8-15-17)18(20)21/h3-6,8-9H,1-2,7H2,(H,16,19). The molecule has 1 aromatic carbocycles. The quantitative estimate of drug-likeness (QED) is 0.653. The average Bonchev–Trinajstić information content (AvgIpc) is 2.90. The predicted octanol–water partition coefficient (Wildman–Crippen LogP) is 2.35. The fourth-order valence-corrected chi connectivity index (χ4v) is 1.73. The number of benzene rings is 1. The summed E-state index contributed by atoms with van der Waals surface area (Å²) < 4.78 is 14.1. The molecule has 1 N–H and O–H groups in total. The molecule has 0 spiro atoms. The lowest BCUT2D eigenvalue weighted by atomic mass is 10.2. The highest BCUT2D eigenvalue weighted by Gasteiger charge is 2.09. The number of nitrogens with one attached hydrogen (secondary N) is 1. The van der Waals surface area contributed by atoms with Crippen LogP contribution in [0, 0.1) is 15.9 Å². The fourth-order valence-electron chi connectivity index (χ4n) is 1.73. The third kappa shape index (κ3) is 4.37. The molecule has 0 bridgehead atoms. The summed E-state index contributed by atoms with van der Waals surface area (Å²) in [6.07, 6.45) is 3.22. The number of amides is 1. The number of aryl methyl sites for hydroxylation is 1. The van der Waals surface area contributed by atoms with E-state index >= 15 is 0 Å². The number of carbonyl (C=O) groups excluding carboxylic acids is 1. The van der Waals surface area contributed by atoms with E-state index in [2.05, 4.69) is 10.4 Å². The first-order chi connectivity index (χ1) is 10.0. The molecule has 0 aliphatic heterocycles. The van der Waals surface area contributed by atoms with Crippen LogP contribution in [0.1, 0.15) is 12.8 Å². The minimum Gasteiger partial charge on any atom is -0.326 e. The maximum atomic E-state index is 12.7. The van der Waals surface area contributed by atoms with Crippen LogP contribution in [0.2, 0.25) is 0 Å². The average molecular weight is 292 g/mol. The first kappa shape index (κ1) is 14.6. The van der Waals surface area contributed by atoms with E-state index in [0.29, 0.717) is 18.7 Å². The zero-order valence-corrected chi connectivity index (χ0v) is 11.0. The van der Waals surface area contributed by atoms with Gasteiger partial charge in [0.2, 0.25) is 5.91 Å². The van der Waals surface area contributed by atoms with Gasteiger partial charge >= 0.3 is 5.69 Å². The Labute approximate surface area is 119 Å². The van der Waals surface area contributed by atoms with Gasteiger partial charge in [-0.05, 0) is 30.7 Å². The van der Waals surface area contributed by atoms with Crippen LogP contribution < -0.4 is 5.32 Å². The van der Waals surface area contributed by atoms with Crippen molar-refractivity contribution in [3.63, 3.8) is 0 Å². The molecule has 1 heterocycles. The third-order valence-electron chi connectivity index (χ3n) is 2.75. The van der Waals surface area contributed by atoms with E-state index in [1.165, 1.54) is 41.3 Å². The van der Waals surface area contributed by atoms with Crippen LogP contribution >= 0.6 is 0 Å². The van der Waals surface area contributed by atoms with Gasteiger partial charge in [0.1, 0.15) is 18.2 Å². The van der Waals surface area contributed by atoms with Gasteiger partial charge in [-0.2, -0.15) is 5.10 Å². The smallest absolute Gasteiger partial charge is 0.306 e. The Bertz CT molecular complexity index is 639. The van der Waals surface area contributed by atoms with Gasteiger partial charge in [0.15, 0.2) is 0 Å². The maximum absolute atomic E-state index is 12.7.